The van der Waals surface area contributed by atoms with Crippen LogP contribution < -0.4 is 10.6 Å². The van der Waals surface area contributed by atoms with Gasteiger partial charge in [0.25, 0.3) is 0 Å². The molecule has 0 unspecified atom stereocenters. The van der Waals surface area contributed by atoms with Crippen molar-refractivity contribution in [1.29, 1.82) is 0 Å². The molecule has 1 heterocycles. The van der Waals surface area contributed by atoms with Gasteiger partial charge in [-0.1, -0.05) is 6.92 Å². The molecule has 1 amide bonds. The minimum absolute atomic E-state index is 0.0677. The average Bonchev–Trinajstić information content (AvgIpc) is 2.70. The second-order valence-electron chi connectivity index (χ2n) is 4.21. The summed E-state index contributed by atoms with van der Waals surface area (Å²) < 4.78 is 4.51. The summed E-state index contributed by atoms with van der Waals surface area (Å²) in [5.74, 6) is 0.311. The van der Waals surface area contributed by atoms with Gasteiger partial charge in [0, 0.05) is 19.5 Å². The third kappa shape index (κ3) is 3.81. The molecule has 1 aliphatic heterocycles. The number of esters is 1. The van der Waals surface area contributed by atoms with Crippen LogP contribution in [0.2, 0.25) is 0 Å². The minimum atomic E-state index is -0.231. The van der Waals surface area contributed by atoms with Crippen LogP contribution in [-0.4, -0.2) is 38.6 Å². The Labute approximate surface area is 95.9 Å². The molecule has 92 valence electrons. The zero-order chi connectivity index (χ0) is 12.0. The molecule has 1 saturated heterocycles. The molecule has 1 fully saturated rings. The lowest BCUT2D eigenvalue weighted by molar-refractivity contribution is -0.140. The van der Waals surface area contributed by atoms with Crippen molar-refractivity contribution in [3.05, 3.63) is 0 Å². The van der Waals surface area contributed by atoms with Crippen LogP contribution in [0.4, 0.5) is 0 Å². The molecule has 1 rings (SSSR count). The van der Waals surface area contributed by atoms with Gasteiger partial charge in [0.2, 0.25) is 5.91 Å². The van der Waals surface area contributed by atoms with Gasteiger partial charge in [0.05, 0.1) is 13.0 Å². The molecular weight excluding hydrogens is 208 g/mol. The van der Waals surface area contributed by atoms with Crippen molar-refractivity contribution < 1.29 is 14.3 Å². The van der Waals surface area contributed by atoms with Crippen LogP contribution >= 0.6 is 0 Å². The van der Waals surface area contributed by atoms with Crippen molar-refractivity contribution in [3.63, 3.8) is 0 Å². The topological polar surface area (TPSA) is 67.4 Å². The lowest BCUT2D eigenvalue weighted by Gasteiger charge is -2.13. The lowest BCUT2D eigenvalue weighted by atomic mass is 9.97. The van der Waals surface area contributed by atoms with Gasteiger partial charge in [-0.05, 0) is 18.9 Å². The van der Waals surface area contributed by atoms with Gasteiger partial charge < -0.3 is 15.4 Å². The van der Waals surface area contributed by atoms with Gasteiger partial charge in [-0.15, -0.1) is 0 Å². The molecule has 0 bridgehead atoms. The van der Waals surface area contributed by atoms with E-state index in [0.29, 0.717) is 25.3 Å². The van der Waals surface area contributed by atoms with E-state index in [-0.39, 0.29) is 17.8 Å². The Kier molecular flexibility index (Phi) is 5.25. The number of carbonyl (C=O) groups is 2. The fraction of sp³-hybridized carbons (Fsp3) is 0.818. The third-order valence-corrected chi connectivity index (χ3v) is 2.94. The zero-order valence-corrected chi connectivity index (χ0v) is 9.91. The summed E-state index contributed by atoms with van der Waals surface area (Å²) in [6.45, 7) is 4.26. The van der Waals surface area contributed by atoms with Crippen molar-refractivity contribution in [2.24, 2.45) is 11.8 Å². The van der Waals surface area contributed by atoms with Crippen LogP contribution in [0.1, 0.15) is 19.8 Å². The number of methoxy groups -OCH3 is 1. The van der Waals surface area contributed by atoms with E-state index < -0.39 is 0 Å². The molecule has 2 atom stereocenters. The summed E-state index contributed by atoms with van der Waals surface area (Å²) in [5.41, 5.74) is 0. The lowest BCUT2D eigenvalue weighted by Crippen LogP contribution is -2.35. The highest BCUT2D eigenvalue weighted by Gasteiger charge is 2.28. The summed E-state index contributed by atoms with van der Waals surface area (Å²) >= 11 is 0. The first-order valence-corrected chi connectivity index (χ1v) is 5.70. The molecule has 2 N–H and O–H groups in total. The summed E-state index contributed by atoms with van der Waals surface area (Å²) in [5, 5.41) is 6.03. The Balaban J connectivity index is 2.13. The number of nitrogens with one attached hydrogen (secondary N) is 2. The summed E-state index contributed by atoms with van der Waals surface area (Å²) in [6, 6.07) is 0. The Morgan fingerprint density at radius 2 is 2.19 bits per heavy atom. The molecule has 0 spiro atoms. The Hall–Kier alpha value is -1.10. The highest BCUT2D eigenvalue weighted by molar-refractivity contribution is 5.79. The molecule has 5 nitrogen and oxygen atoms in total. The molecule has 0 aromatic rings. The van der Waals surface area contributed by atoms with E-state index in [1.54, 1.807) is 0 Å². The van der Waals surface area contributed by atoms with E-state index in [1.807, 2.05) is 0 Å². The molecule has 0 aromatic carbocycles. The zero-order valence-electron chi connectivity index (χ0n) is 9.91. The smallest absolute Gasteiger partial charge is 0.305 e. The first kappa shape index (κ1) is 13.0. The van der Waals surface area contributed by atoms with E-state index in [0.717, 1.165) is 13.1 Å². The Morgan fingerprint density at radius 1 is 1.44 bits per heavy atom. The van der Waals surface area contributed by atoms with Crippen LogP contribution in [0, 0.1) is 11.8 Å². The normalized spacial score (nSPS) is 24.1. The van der Waals surface area contributed by atoms with Crippen molar-refractivity contribution in [3.8, 4) is 0 Å². The monoisotopic (exact) mass is 228 g/mol. The first-order chi connectivity index (χ1) is 7.65. The number of hydrogen-bond acceptors (Lipinski definition) is 4. The SMILES string of the molecule is COC(=O)CCCNC(=O)[C@@H]1CNC[C@H]1C. The Morgan fingerprint density at radius 3 is 2.75 bits per heavy atom. The number of hydrogen-bond donors (Lipinski definition) is 2. The molecule has 0 aliphatic carbocycles. The highest BCUT2D eigenvalue weighted by Crippen LogP contribution is 2.15. The van der Waals surface area contributed by atoms with Crippen molar-refractivity contribution in [2.75, 3.05) is 26.7 Å². The quantitative estimate of drug-likeness (QED) is 0.510. The van der Waals surface area contributed by atoms with Crippen molar-refractivity contribution in [2.45, 2.75) is 19.8 Å². The summed E-state index contributed by atoms with van der Waals surface area (Å²) in [6.07, 6.45) is 0.988. The van der Waals surface area contributed by atoms with Gasteiger partial charge in [-0.2, -0.15) is 0 Å². The fourth-order valence-corrected chi connectivity index (χ4v) is 1.84. The number of carbonyl (C=O) groups excluding carboxylic acids is 2. The molecular formula is C11H20N2O3. The van der Waals surface area contributed by atoms with E-state index in [2.05, 4.69) is 22.3 Å². The maximum absolute atomic E-state index is 11.7. The van der Waals surface area contributed by atoms with Gasteiger partial charge in [0.15, 0.2) is 0 Å². The van der Waals surface area contributed by atoms with Crippen LogP contribution in [0.3, 0.4) is 0 Å². The van der Waals surface area contributed by atoms with Crippen LogP contribution in [0.5, 0.6) is 0 Å². The van der Waals surface area contributed by atoms with E-state index in [4.69, 9.17) is 0 Å². The molecule has 5 heteroatoms. The number of rotatable bonds is 5. The summed E-state index contributed by atoms with van der Waals surface area (Å²) in [4.78, 5) is 22.5. The molecule has 0 saturated carbocycles. The number of amides is 1. The maximum atomic E-state index is 11.7. The molecule has 0 radical (unpaired) electrons. The van der Waals surface area contributed by atoms with E-state index in [1.165, 1.54) is 7.11 Å². The van der Waals surface area contributed by atoms with E-state index in [9.17, 15) is 9.59 Å². The molecule has 0 aromatic heterocycles. The van der Waals surface area contributed by atoms with Crippen LogP contribution in [0.15, 0.2) is 0 Å². The predicted octanol–water partition coefficient (Wildman–Crippen LogP) is -0.0887. The second-order valence-corrected chi connectivity index (χ2v) is 4.21. The number of ether oxygens (including phenoxy) is 1. The van der Waals surface area contributed by atoms with Crippen LogP contribution in [-0.2, 0) is 14.3 Å². The molecule has 1 aliphatic rings. The van der Waals surface area contributed by atoms with Crippen LogP contribution in [0.25, 0.3) is 0 Å². The third-order valence-electron chi connectivity index (χ3n) is 2.94. The second kappa shape index (κ2) is 6.48. The minimum Gasteiger partial charge on any atom is -0.469 e. The van der Waals surface area contributed by atoms with E-state index >= 15 is 0 Å². The summed E-state index contributed by atoms with van der Waals surface area (Å²) in [7, 11) is 1.37. The fourth-order valence-electron chi connectivity index (χ4n) is 1.84. The van der Waals surface area contributed by atoms with Crippen molar-refractivity contribution in [1.82, 2.24) is 10.6 Å². The first-order valence-electron chi connectivity index (χ1n) is 5.70. The van der Waals surface area contributed by atoms with Crippen molar-refractivity contribution >= 4 is 11.9 Å². The van der Waals surface area contributed by atoms with Gasteiger partial charge in [-0.3, -0.25) is 9.59 Å². The largest absolute Gasteiger partial charge is 0.469 e. The van der Waals surface area contributed by atoms with Gasteiger partial charge >= 0.3 is 5.97 Å². The van der Waals surface area contributed by atoms with Gasteiger partial charge in [-0.25, -0.2) is 0 Å². The Bertz CT molecular complexity index is 256. The standard InChI is InChI=1S/C11H20N2O3/c1-8-6-12-7-9(8)11(15)13-5-3-4-10(14)16-2/h8-9,12H,3-7H2,1-2H3,(H,13,15)/t8-,9-/m1/s1. The predicted molar refractivity (Wildman–Crippen MR) is 59.8 cm³/mol. The maximum Gasteiger partial charge on any atom is 0.305 e. The van der Waals surface area contributed by atoms with Gasteiger partial charge in [0.1, 0.15) is 0 Å². The highest BCUT2D eigenvalue weighted by atomic mass is 16.5. The molecule has 16 heavy (non-hydrogen) atoms. The average molecular weight is 228 g/mol.